The first kappa shape index (κ1) is 27.4. The molecule has 0 spiro atoms. The first-order valence-electron chi connectivity index (χ1n) is 12.3. The van der Waals surface area contributed by atoms with Gasteiger partial charge in [0, 0.05) is 6.54 Å². The number of carbonyl (C=O) groups is 2. The summed E-state index contributed by atoms with van der Waals surface area (Å²) in [6.45, 7) is -0.0941. The van der Waals surface area contributed by atoms with E-state index < -0.39 is 22.5 Å². The van der Waals surface area contributed by atoms with Crippen molar-refractivity contribution in [1.29, 1.82) is 0 Å². The number of sulfonamides is 1. The van der Waals surface area contributed by atoms with Crippen LogP contribution in [0.15, 0.2) is 109 Å². The average Bonchev–Trinajstić information content (AvgIpc) is 2.93. The van der Waals surface area contributed by atoms with Crippen LogP contribution in [0, 0.1) is 0 Å². The number of ether oxygens (including phenoxy) is 1. The predicted octanol–water partition coefficient (Wildman–Crippen LogP) is 4.86. The number of carbonyl (C=O) groups excluding carboxylic acids is 2. The Morgan fingerprint density at radius 3 is 2.13 bits per heavy atom. The Bertz CT molecular complexity index is 1530. The molecule has 0 aliphatic rings. The first-order valence-corrected chi connectivity index (χ1v) is 14.2. The third-order valence-electron chi connectivity index (χ3n) is 5.78. The number of nitrogens with one attached hydrogen (secondary N) is 2. The highest BCUT2D eigenvalue weighted by atomic mass is 32.2. The van der Waals surface area contributed by atoms with Crippen LogP contribution in [0.1, 0.15) is 15.9 Å². The maximum Gasteiger partial charge on any atom is 0.253 e. The molecule has 0 aliphatic carbocycles. The number of para-hydroxylation sites is 4. The summed E-state index contributed by atoms with van der Waals surface area (Å²) in [6.07, 6.45) is 1.68. The number of hydrogen-bond donors (Lipinski definition) is 2. The molecule has 9 heteroatoms. The Labute approximate surface area is 228 Å². The third kappa shape index (κ3) is 7.68. The van der Waals surface area contributed by atoms with E-state index >= 15 is 0 Å². The molecule has 0 unspecified atom stereocenters. The molecule has 0 atom stereocenters. The second kappa shape index (κ2) is 12.7. The van der Waals surface area contributed by atoms with Crippen molar-refractivity contribution in [2.45, 2.75) is 6.42 Å². The van der Waals surface area contributed by atoms with Crippen LogP contribution in [-0.4, -0.2) is 39.6 Å². The van der Waals surface area contributed by atoms with Gasteiger partial charge in [-0.2, -0.15) is 0 Å². The van der Waals surface area contributed by atoms with E-state index in [1.54, 1.807) is 72.8 Å². The zero-order valence-electron chi connectivity index (χ0n) is 21.4. The lowest BCUT2D eigenvalue weighted by Gasteiger charge is -2.24. The molecule has 0 saturated heterocycles. The molecule has 4 aromatic carbocycles. The van der Waals surface area contributed by atoms with E-state index in [2.05, 4.69) is 10.6 Å². The monoisotopic (exact) mass is 543 g/mol. The van der Waals surface area contributed by atoms with E-state index in [0.29, 0.717) is 18.7 Å². The van der Waals surface area contributed by atoms with Gasteiger partial charge in [0.25, 0.3) is 5.91 Å². The van der Waals surface area contributed by atoms with Gasteiger partial charge in [0.2, 0.25) is 15.9 Å². The van der Waals surface area contributed by atoms with Gasteiger partial charge in [-0.15, -0.1) is 0 Å². The summed E-state index contributed by atoms with van der Waals surface area (Å²) in [6, 6.07) is 31.9. The highest BCUT2D eigenvalue weighted by molar-refractivity contribution is 7.92. The molecule has 2 amide bonds. The van der Waals surface area contributed by atoms with Crippen molar-refractivity contribution in [3.8, 4) is 11.5 Å². The molecule has 0 radical (unpaired) electrons. The second-order valence-electron chi connectivity index (χ2n) is 8.74. The highest BCUT2D eigenvalue weighted by Gasteiger charge is 2.25. The predicted molar refractivity (Wildman–Crippen MR) is 153 cm³/mol. The largest absolute Gasteiger partial charge is 0.455 e. The zero-order valence-corrected chi connectivity index (χ0v) is 22.2. The molecular formula is C30H29N3O5S. The molecule has 0 fully saturated rings. The minimum atomic E-state index is -3.87. The van der Waals surface area contributed by atoms with Crippen molar-refractivity contribution in [1.82, 2.24) is 5.32 Å². The van der Waals surface area contributed by atoms with Gasteiger partial charge in [-0.1, -0.05) is 72.8 Å². The van der Waals surface area contributed by atoms with Gasteiger partial charge in [0.15, 0.2) is 5.75 Å². The standard InChI is InChI=1S/C30H29N3O5S/c1-39(36,37)33(27-18-10-11-19-28(27)38-24-14-6-3-7-15-24)22-29(34)32-26-17-9-8-16-25(26)30(35)31-21-20-23-12-4-2-5-13-23/h2-19H,20-22H2,1H3,(H,31,35)(H,32,34). The SMILES string of the molecule is CS(=O)(=O)N(CC(=O)Nc1ccccc1C(=O)NCCc1ccccc1)c1ccccc1Oc1ccccc1. The Morgan fingerprint density at radius 1 is 0.795 bits per heavy atom. The number of hydrogen-bond acceptors (Lipinski definition) is 5. The number of benzene rings is 4. The van der Waals surface area contributed by atoms with E-state index in [1.807, 2.05) is 36.4 Å². The van der Waals surface area contributed by atoms with Gasteiger partial charge in [0.05, 0.1) is 23.2 Å². The van der Waals surface area contributed by atoms with Gasteiger partial charge in [-0.25, -0.2) is 8.42 Å². The van der Waals surface area contributed by atoms with Crippen molar-refractivity contribution in [2.24, 2.45) is 0 Å². The van der Waals surface area contributed by atoms with Gasteiger partial charge < -0.3 is 15.4 Å². The Morgan fingerprint density at radius 2 is 1.41 bits per heavy atom. The summed E-state index contributed by atoms with van der Waals surface area (Å²) in [4.78, 5) is 26.0. The fourth-order valence-corrected chi connectivity index (χ4v) is 4.78. The van der Waals surface area contributed by atoms with E-state index in [-0.39, 0.29) is 28.6 Å². The molecule has 4 aromatic rings. The van der Waals surface area contributed by atoms with E-state index in [9.17, 15) is 18.0 Å². The highest BCUT2D eigenvalue weighted by Crippen LogP contribution is 2.33. The van der Waals surface area contributed by atoms with Crippen molar-refractivity contribution in [3.63, 3.8) is 0 Å². The summed E-state index contributed by atoms with van der Waals surface area (Å²) in [5.74, 6) is -0.155. The van der Waals surface area contributed by atoms with Crippen LogP contribution in [-0.2, 0) is 21.2 Å². The average molecular weight is 544 g/mol. The number of rotatable bonds is 11. The molecule has 0 bridgehead atoms. The van der Waals surface area contributed by atoms with Crippen LogP contribution in [0.2, 0.25) is 0 Å². The first-order chi connectivity index (χ1) is 18.8. The minimum Gasteiger partial charge on any atom is -0.455 e. The normalized spacial score (nSPS) is 10.9. The molecule has 0 saturated carbocycles. The molecule has 39 heavy (non-hydrogen) atoms. The summed E-state index contributed by atoms with van der Waals surface area (Å²) in [7, 11) is -3.87. The summed E-state index contributed by atoms with van der Waals surface area (Å²) >= 11 is 0. The second-order valence-corrected chi connectivity index (χ2v) is 10.6. The third-order valence-corrected chi connectivity index (χ3v) is 6.91. The summed E-state index contributed by atoms with van der Waals surface area (Å²) < 4.78 is 32.4. The molecule has 4 rings (SSSR count). The van der Waals surface area contributed by atoms with E-state index in [4.69, 9.17) is 4.74 Å². The van der Waals surface area contributed by atoms with Crippen LogP contribution in [0.5, 0.6) is 11.5 Å². The number of anilines is 2. The van der Waals surface area contributed by atoms with Crippen LogP contribution in [0.4, 0.5) is 11.4 Å². The van der Waals surface area contributed by atoms with Gasteiger partial charge in [-0.05, 0) is 48.4 Å². The summed E-state index contributed by atoms with van der Waals surface area (Å²) in [5, 5.41) is 5.56. The molecule has 2 N–H and O–H groups in total. The van der Waals surface area contributed by atoms with Gasteiger partial charge in [-0.3, -0.25) is 13.9 Å². The number of amides is 2. The van der Waals surface area contributed by atoms with Crippen LogP contribution in [0.25, 0.3) is 0 Å². The number of nitrogens with zero attached hydrogens (tertiary/aromatic N) is 1. The molecular weight excluding hydrogens is 514 g/mol. The van der Waals surface area contributed by atoms with Crippen molar-refractivity contribution >= 4 is 33.2 Å². The van der Waals surface area contributed by atoms with Crippen LogP contribution in [0.3, 0.4) is 0 Å². The van der Waals surface area contributed by atoms with Crippen LogP contribution < -0.4 is 19.7 Å². The molecule has 0 aliphatic heterocycles. The van der Waals surface area contributed by atoms with E-state index in [0.717, 1.165) is 16.1 Å². The topological polar surface area (TPSA) is 105 Å². The van der Waals surface area contributed by atoms with E-state index in [1.165, 1.54) is 0 Å². The molecule has 200 valence electrons. The minimum absolute atomic E-state index is 0.214. The Hall–Kier alpha value is -4.63. The fraction of sp³-hybridized carbons (Fsp3) is 0.133. The van der Waals surface area contributed by atoms with Crippen molar-refractivity contribution < 1.29 is 22.7 Å². The smallest absolute Gasteiger partial charge is 0.253 e. The van der Waals surface area contributed by atoms with Crippen LogP contribution >= 0.6 is 0 Å². The maximum atomic E-state index is 13.1. The van der Waals surface area contributed by atoms with Gasteiger partial charge >= 0.3 is 0 Å². The van der Waals surface area contributed by atoms with Crippen molar-refractivity contribution in [3.05, 3.63) is 120 Å². The lowest BCUT2D eigenvalue weighted by atomic mass is 10.1. The fourth-order valence-electron chi connectivity index (χ4n) is 3.92. The van der Waals surface area contributed by atoms with Gasteiger partial charge in [0.1, 0.15) is 12.3 Å². The Kier molecular flexibility index (Phi) is 8.96. The zero-order chi connectivity index (χ0) is 27.7. The lowest BCUT2D eigenvalue weighted by molar-refractivity contribution is -0.114. The maximum absolute atomic E-state index is 13.1. The summed E-state index contributed by atoms with van der Waals surface area (Å²) in [5.41, 5.74) is 1.86. The quantitative estimate of drug-likeness (QED) is 0.281. The Balaban J connectivity index is 1.48. The molecule has 0 aromatic heterocycles. The molecule has 8 nitrogen and oxygen atoms in total. The van der Waals surface area contributed by atoms with Crippen molar-refractivity contribution in [2.75, 3.05) is 29.0 Å². The molecule has 0 heterocycles. The lowest BCUT2D eigenvalue weighted by Crippen LogP contribution is -2.38.